The number of halogens is 1. The van der Waals surface area contributed by atoms with Crippen LogP contribution in [0.1, 0.15) is 18.4 Å². The van der Waals surface area contributed by atoms with Crippen LogP contribution in [0.3, 0.4) is 0 Å². The Bertz CT molecular complexity index is 434. The van der Waals surface area contributed by atoms with Crippen molar-refractivity contribution in [1.82, 2.24) is 5.32 Å². The number of hydrogen-bond acceptors (Lipinski definition) is 3. The highest BCUT2D eigenvalue weighted by Gasteiger charge is 2.10. The van der Waals surface area contributed by atoms with Gasteiger partial charge in [-0.3, -0.25) is 9.59 Å². The Morgan fingerprint density at radius 3 is 2.53 bits per heavy atom. The fourth-order valence-electron chi connectivity index (χ4n) is 1.52. The summed E-state index contributed by atoms with van der Waals surface area (Å²) in [5.41, 5.74) is 6.23. The Hall–Kier alpha value is -1.59. The minimum Gasteiger partial charge on any atom is -0.480 e. The highest BCUT2D eigenvalue weighted by molar-refractivity contribution is 6.30. The molecule has 0 saturated heterocycles. The number of aliphatic carboxylic acids is 1. The molecule has 4 N–H and O–H groups in total. The molecule has 1 aromatic carbocycles. The molecular formula is C13H17ClN2O3. The number of carbonyl (C=O) groups is 2. The van der Waals surface area contributed by atoms with Crippen molar-refractivity contribution in [2.75, 3.05) is 6.54 Å². The molecule has 0 saturated carbocycles. The molecule has 0 spiro atoms. The summed E-state index contributed by atoms with van der Waals surface area (Å²) in [5.74, 6) is -1.13. The molecule has 1 rings (SSSR count). The molecule has 0 aliphatic carbocycles. The average molecular weight is 285 g/mol. The molecule has 0 aromatic heterocycles. The van der Waals surface area contributed by atoms with Gasteiger partial charge < -0.3 is 16.2 Å². The van der Waals surface area contributed by atoms with Crippen LogP contribution < -0.4 is 11.1 Å². The van der Waals surface area contributed by atoms with Crippen LogP contribution in [0.25, 0.3) is 0 Å². The second-order valence-corrected chi connectivity index (χ2v) is 4.68. The maximum Gasteiger partial charge on any atom is 0.320 e. The van der Waals surface area contributed by atoms with E-state index in [1.165, 1.54) is 0 Å². The standard InChI is InChI=1S/C13H17ClN2O3/c14-10-5-3-9(4-6-10)8-12(17)16-7-1-2-11(15)13(18)19/h3-6,11H,1-2,7-8,15H2,(H,16,17)(H,18,19)/t11-/m0/s1. The van der Waals surface area contributed by atoms with Crippen molar-refractivity contribution in [3.05, 3.63) is 34.9 Å². The fourth-order valence-corrected chi connectivity index (χ4v) is 1.65. The molecule has 1 amide bonds. The van der Waals surface area contributed by atoms with Gasteiger partial charge >= 0.3 is 5.97 Å². The number of nitrogens with one attached hydrogen (secondary N) is 1. The van der Waals surface area contributed by atoms with E-state index < -0.39 is 12.0 Å². The molecule has 0 bridgehead atoms. The van der Waals surface area contributed by atoms with Crippen LogP contribution in [0.5, 0.6) is 0 Å². The van der Waals surface area contributed by atoms with Crippen LogP contribution in [-0.2, 0) is 16.0 Å². The number of carboxylic acids is 1. The lowest BCUT2D eigenvalue weighted by Crippen LogP contribution is -2.32. The Morgan fingerprint density at radius 2 is 1.95 bits per heavy atom. The van der Waals surface area contributed by atoms with Crippen molar-refractivity contribution >= 4 is 23.5 Å². The molecule has 19 heavy (non-hydrogen) atoms. The number of carbonyl (C=O) groups excluding carboxylic acids is 1. The largest absolute Gasteiger partial charge is 0.480 e. The normalized spacial score (nSPS) is 11.9. The molecular weight excluding hydrogens is 268 g/mol. The van der Waals surface area contributed by atoms with E-state index in [4.69, 9.17) is 22.4 Å². The van der Waals surface area contributed by atoms with Gasteiger partial charge in [0, 0.05) is 11.6 Å². The van der Waals surface area contributed by atoms with E-state index in [9.17, 15) is 9.59 Å². The molecule has 0 radical (unpaired) electrons. The zero-order chi connectivity index (χ0) is 14.3. The molecule has 0 aliphatic rings. The minimum absolute atomic E-state index is 0.105. The Labute approximate surface area is 116 Å². The van der Waals surface area contributed by atoms with Gasteiger partial charge in [-0.1, -0.05) is 23.7 Å². The summed E-state index contributed by atoms with van der Waals surface area (Å²) in [6.45, 7) is 0.424. The first kappa shape index (κ1) is 15.5. The summed E-state index contributed by atoms with van der Waals surface area (Å²) in [6, 6.07) is 6.18. The summed E-state index contributed by atoms with van der Waals surface area (Å²) >= 11 is 5.75. The van der Waals surface area contributed by atoms with Crippen molar-refractivity contribution in [3.63, 3.8) is 0 Å². The number of carboxylic acid groups (broad SMARTS) is 1. The smallest absolute Gasteiger partial charge is 0.320 e. The van der Waals surface area contributed by atoms with Crippen molar-refractivity contribution in [2.24, 2.45) is 5.73 Å². The Kier molecular flexibility index (Phi) is 6.32. The number of nitrogens with two attached hydrogens (primary N) is 1. The van der Waals surface area contributed by atoms with E-state index in [0.29, 0.717) is 24.4 Å². The molecule has 0 aliphatic heterocycles. The third-order valence-corrected chi connectivity index (χ3v) is 2.86. The van der Waals surface area contributed by atoms with Gasteiger partial charge in [-0.05, 0) is 30.5 Å². The van der Waals surface area contributed by atoms with Crippen LogP contribution in [0.4, 0.5) is 0 Å². The highest BCUT2D eigenvalue weighted by Crippen LogP contribution is 2.09. The van der Waals surface area contributed by atoms with Crippen molar-refractivity contribution in [1.29, 1.82) is 0 Å². The van der Waals surface area contributed by atoms with Crippen LogP contribution in [-0.4, -0.2) is 29.6 Å². The fraction of sp³-hybridized carbons (Fsp3) is 0.385. The van der Waals surface area contributed by atoms with Gasteiger partial charge in [0.05, 0.1) is 6.42 Å². The van der Waals surface area contributed by atoms with Gasteiger partial charge in [-0.25, -0.2) is 0 Å². The van der Waals surface area contributed by atoms with Crippen LogP contribution in [0, 0.1) is 0 Å². The molecule has 1 atom stereocenters. The summed E-state index contributed by atoms with van der Waals surface area (Å²) in [6.07, 6.45) is 1.17. The molecule has 6 heteroatoms. The van der Waals surface area contributed by atoms with Crippen molar-refractivity contribution < 1.29 is 14.7 Å². The first-order chi connectivity index (χ1) is 8.99. The molecule has 1 aromatic rings. The predicted molar refractivity (Wildman–Crippen MR) is 73.0 cm³/mol. The van der Waals surface area contributed by atoms with E-state index in [2.05, 4.69) is 5.32 Å². The van der Waals surface area contributed by atoms with E-state index in [-0.39, 0.29) is 12.3 Å². The lowest BCUT2D eigenvalue weighted by Gasteiger charge is -2.07. The number of amides is 1. The monoisotopic (exact) mass is 284 g/mol. The lowest BCUT2D eigenvalue weighted by atomic mass is 10.1. The van der Waals surface area contributed by atoms with Gasteiger partial charge in [-0.15, -0.1) is 0 Å². The predicted octanol–water partition coefficient (Wildman–Crippen LogP) is 1.19. The van der Waals surface area contributed by atoms with Gasteiger partial charge in [0.2, 0.25) is 5.91 Å². The molecule has 0 heterocycles. The highest BCUT2D eigenvalue weighted by atomic mass is 35.5. The SMILES string of the molecule is N[C@@H](CCCNC(=O)Cc1ccc(Cl)cc1)C(=O)O. The van der Waals surface area contributed by atoms with Crippen molar-refractivity contribution in [3.8, 4) is 0 Å². The lowest BCUT2D eigenvalue weighted by molar-refractivity contribution is -0.138. The average Bonchev–Trinajstić information content (AvgIpc) is 2.37. The second kappa shape index (κ2) is 7.76. The molecule has 0 fully saturated rings. The third-order valence-electron chi connectivity index (χ3n) is 2.61. The molecule has 5 nitrogen and oxygen atoms in total. The second-order valence-electron chi connectivity index (χ2n) is 4.24. The first-order valence-electron chi connectivity index (χ1n) is 5.98. The first-order valence-corrected chi connectivity index (χ1v) is 6.36. The van der Waals surface area contributed by atoms with Gasteiger partial charge in [0.25, 0.3) is 0 Å². The summed E-state index contributed by atoms with van der Waals surface area (Å²) in [7, 11) is 0. The van der Waals surface area contributed by atoms with E-state index in [1.807, 2.05) is 0 Å². The quantitative estimate of drug-likeness (QED) is 0.656. The van der Waals surface area contributed by atoms with Gasteiger partial charge in [0.1, 0.15) is 6.04 Å². The van der Waals surface area contributed by atoms with Crippen LogP contribution in [0.15, 0.2) is 24.3 Å². The van der Waals surface area contributed by atoms with Crippen LogP contribution in [0.2, 0.25) is 5.02 Å². The topological polar surface area (TPSA) is 92.4 Å². The maximum atomic E-state index is 11.6. The minimum atomic E-state index is -1.02. The summed E-state index contributed by atoms with van der Waals surface area (Å²) < 4.78 is 0. The van der Waals surface area contributed by atoms with E-state index in [0.717, 1.165) is 5.56 Å². The zero-order valence-electron chi connectivity index (χ0n) is 10.4. The Balaban J connectivity index is 2.21. The number of benzene rings is 1. The van der Waals surface area contributed by atoms with E-state index in [1.54, 1.807) is 24.3 Å². The van der Waals surface area contributed by atoms with Gasteiger partial charge in [-0.2, -0.15) is 0 Å². The molecule has 104 valence electrons. The molecule has 0 unspecified atom stereocenters. The summed E-state index contributed by atoms with van der Waals surface area (Å²) in [4.78, 5) is 22.1. The Morgan fingerprint density at radius 1 is 1.32 bits per heavy atom. The maximum absolute atomic E-state index is 11.6. The number of hydrogen-bond donors (Lipinski definition) is 3. The van der Waals surface area contributed by atoms with Crippen LogP contribution >= 0.6 is 11.6 Å². The van der Waals surface area contributed by atoms with Gasteiger partial charge in [0.15, 0.2) is 0 Å². The van der Waals surface area contributed by atoms with Crippen molar-refractivity contribution in [2.45, 2.75) is 25.3 Å². The summed E-state index contributed by atoms with van der Waals surface area (Å²) in [5, 5.41) is 11.9. The van der Waals surface area contributed by atoms with E-state index >= 15 is 0 Å². The number of rotatable bonds is 7. The third kappa shape index (κ3) is 6.22. The zero-order valence-corrected chi connectivity index (χ0v) is 11.2.